The molecule has 5 nitrogen and oxygen atoms in total. The Morgan fingerprint density at radius 2 is 1.75 bits per heavy atom. The van der Waals surface area contributed by atoms with Gasteiger partial charge < -0.3 is 5.32 Å². The van der Waals surface area contributed by atoms with E-state index in [1.165, 1.54) is 11.0 Å². The van der Waals surface area contributed by atoms with Gasteiger partial charge in [0, 0.05) is 18.5 Å². The molecule has 0 aliphatic carbocycles. The van der Waals surface area contributed by atoms with Crippen LogP contribution in [0.4, 0.5) is 5.69 Å². The molecule has 0 unspecified atom stereocenters. The molecule has 2 aromatic rings. The summed E-state index contributed by atoms with van der Waals surface area (Å²) < 4.78 is 0.778. The van der Waals surface area contributed by atoms with Crippen LogP contribution in [0.2, 0.25) is 8.67 Å². The summed E-state index contributed by atoms with van der Waals surface area (Å²) in [5.74, 6) is -0.650. The maximum absolute atomic E-state index is 12.2. The van der Waals surface area contributed by atoms with Gasteiger partial charge in [-0.3, -0.25) is 19.3 Å². The molecule has 1 saturated heterocycles. The van der Waals surface area contributed by atoms with E-state index in [9.17, 15) is 14.4 Å². The van der Waals surface area contributed by atoms with Crippen LogP contribution in [0.3, 0.4) is 0 Å². The Kier molecular flexibility index (Phi) is 4.89. The third-order valence-electron chi connectivity index (χ3n) is 3.61. The molecule has 0 atom stereocenters. The van der Waals surface area contributed by atoms with Gasteiger partial charge in [0.1, 0.15) is 4.34 Å². The first-order valence-electron chi connectivity index (χ1n) is 7.12. The maximum atomic E-state index is 12.2. The number of halogens is 2. The topological polar surface area (TPSA) is 66.5 Å². The smallest absolute Gasteiger partial charge is 0.258 e. The summed E-state index contributed by atoms with van der Waals surface area (Å²) in [6.45, 7) is 0.248. The number of hydrogen-bond acceptors (Lipinski definition) is 4. The van der Waals surface area contributed by atoms with Crippen LogP contribution >= 0.6 is 34.5 Å². The monoisotopic (exact) mass is 382 g/mol. The predicted octanol–water partition coefficient (Wildman–Crippen LogP) is 3.96. The highest BCUT2D eigenvalue weighted by atomic mass is 35.5. The van der Waals surface area contributed by atoms with E-state index >= 15 is 0 Å². The minimum atomic E-state index is -0.346. The summed E-state index contributed by atoms with van der Waals surface area (Å²) in [5.41, 5.74) is 1.72. The quantitative estimate of drug-likeness (QED) is 0.813. The van der Waals surface area contributed by atoms with Crippen LogP contribution in [-0.4, -0.2) is 22.6 Å². The Bertz CT molecular complexity index is 801. The Balaban J connectivity index is 1.66. The normalized spacial score (nSPS) is 14.3. The molecule has 1 fully saturated rings. The number of anilines is 1. The molecule has 2 heterocycles. The minimum absolute atomic E-state index is 0.152. The number of rotatable bonds is 4. The summed E-state index contributed by atoms with van der Waals surface area (Å²) in [5, 5.41) is 2.73. The highest BCUT2D eigenvalue weighted by molar-refractivity contribution is 7.20. The number of carbonyl (C=O) groups excluding carboxylic acids is 3. The Labute approximate surface area is 152 Å². The molecule has 1 aliphatic heterocycles. The van der Waals surface area contributed by atoms with Crippen molar-refractivity contribution in [3.63, 3.8) is 0 Å². The molecule has 0 spiro atoms. The third-order valence-corrected chi connectivity index (χ3v) is 5.10. The van der Waals surface area contributed by atoms with Gasteiger partial charge in [0.2, 0.25) is 11.8 Å². The molecule has 24 heavy (non-hydrogen) atoms. The zero-order chi connectivity index (χ0) is 17.3. The van der Waals surface area contributed by atoms with Crippen LogP contribution in [0.5, 0.6) is 0 Å². The van der Waals surface area contributed by atoms with E-state index in [2.05, 4.69) is 5.32 Å². The third kappa shape index (κ3) is 3.61. The second kappa shape index (κ2) is 6.93. The van der Waals surface area contributed by atoms with Crippen molar-refractivity contribution in [2.45, 2.75) is 19.4 Å². The molecule has 0 bridgehead atoms. The Morgan fingerprint density at radius 1 is 1.12 bits per heavy atom. The van der Waals surface area contributed by atoms with Gasteiger partial charge in [0.25, 0.3) is 5.91 Å². The van der Waals surface area contributed by atoms with Crippen LogP contribution in [0, 0.1) is 0 Å². The van der Waals surface area contributed by atoms with Crippen molar-refractivity contribution in [3.05, 3.63) is 50.1 Å². The van der Waals surface area contributed by atoms with Crippen LogP contribution < -0.4 is 5.32 Å². The molecular weight excluding hydrogens is 371 g/mol. The van der Waals surface area contributed by atoms with Crippen molar-refractivity contribution in [1.82, 2.24) is 4.90 Å². The minimum Gasteiger partial charge on any atom is -0.322 e. The molecule has 124 valence electrons. The van der Waals surface area contributed by atoms with E-state index < -0.39 is 0 Å². The van der Waals surface area contributed by atoms with Crippen molar-refractivity contribution < 1.29 is 14.4 Å². The van der Waals surface area contributed by atoms with Crippen molar-refractivity contribution >= 4 is 57.9 Å². The molecule has 0 saturated carbocycles. The Morgan fingerprint density at radius 3 is 2.29 bits per heavy atom. The lowest BCUT2D eigenvalue weighted by molar-refractivity contribution is -0.139. The van der Waals surface area contributed by atoms with E-state index in [1.54, 1.807) is 24.3 Å². The molecule has 1 aromatic heterocycles. The van der Waals surface area contributed by atoms with E-state index in [4.69, 9.17) is 23.2 Å². The fourth-order valence-corrected chi connectivity index (χ4v) is 3.83. The number of imide groups is 1. The van der Waals surface area contributed by atoms with Gasteiger partial charge in [-0.05, 0) is 23.8 Å². The zero-order valence-electron chi connectivity index (χ0n) is 12.3. The lowest BCUT2D eigenvalue weighted by atomic mass is 10.2. The Hall–Kier alpha value is -1.89. The summed E-state index contributed by atoms with van der Waals surface area (Å²) in [4.78, 5) is 36.6. The van der Waals surface area contributed by atoms with Gasteiger partial charge in [-0.15, -0.1) is 11.3 Å². The number of likely N-dealkylation sites (tertiary alicyclic amines) is 1. The first kappa shape index (κ1) is 17.0. The van der Waals surface area contributed by atoms with Crippen LogP contribution in [0.15, 0.2) is 30.3 Å². The van der Waals surface area contributed by atoms with Crippen molar-refractivity contribution in [2.75, 3.05) is 5.32 Å². The number of nitrogens with one attached hydrogen (secondary N) is 1. The van der Waals surface area contributed by atoms with Gasteiger partial charge in [-0.2, -0.15) is 0 Å². The molecular formula is C16H12Cl2N2O3S. The summed E-state index contributed by atoms with van der Waals surface area (Å²) in [6, 6.07) is 8.45. The van der Waals surface area contributed by atoms with Crippen LogP contribution in [0.25, 0.3) is 0 Å². The lowest BCUT2D eigenvalue weighted by Crippen LogP contribution is -2.28. The van der Waals surface area contributed by atoms with Gasteiger partial charge in [0.05, 0.1) is 16.4 Å². The number of nitrogens with zero attached hydrogens (tertiary/aromatic N) is 1. The highest BCUT2D eigenvalue weighted by Crippen LogP contribution is 2.31. The van der Waals surface area contributed by atoms with Gasteiger partial charge in [-0.1, -0.05) is 35.3 Å². The van der Waals surface area contributed by atoms with Crippen molar-refractivity contribution in [3.8, 4) is 0 Å². The van der Waals surface area contributed by atoms with E-state index in [1.807, 2.05) is 0 Å². The van der Waals surface area contributed by atoms with Crippen LogP contribution in [-0.2, 0) is 16.1 Å². The maximum Gasteiger partial charge on any atom is 0.258 e. The molecule has 1 aromatic carbocycles. The fraction of sp³-hybridized carbons (Fsp3) is 0.188. The highest BCUT2D eigenvalue weighted by Gasteiger charge is 2.28. The standard InChI is InChI=1S/C16H12Cl2N2O3S/c17-12-7-11(15(18)24-12)16(23)19-10-3-1-9(2-4-10)8-20-13(21)5-6-14(20)22/h1-4,7H,5-6,8H2,(H,19,23). The molecule has 8 heteroatoms. The zero-order valence-corrected chi connectivity index (χ0v) is 14.7. The number of carbonyl (C=O) groups is 3. The number of benzene rings is 1. The van der Waals surface area contributed by atoms with E-state index in [-0.39, 0.29) is 37.1 Å². The van der Waals surface area contributed by atoms with E-state index in [0.29, 0.717) is 19.9 Å². The fourth-order valence-electron chi connectivity index (χ4n) is 2.37. The molecule has 0 radical (unpaired) electrons. The number of thiophene rings is 1. The van der Waals surface area contributed by atoms with Crippen molar-refractivity contribution in [1.29, 1.82) is 0 Å². The predicted molar refractivity (Wildman–Crippen MR) is 93.5 cm³/mol. The number of hydrogen-bond donors (Lipinski definition) is 1. The number of amides is 3. The molecule has 1 N–H and O–H groups in total. The van der Waals surface area contributed by atoms with Gasteiger partial charge in [0.15, 0.2) is 0 Å². The first-order chi connectivity index (χ1) is 11.4. The van der Waals surface area contributed by atoms with Gasteiger partial charge in [-0.25, -0.2) is 0 Å². The molecule has 3 amide bonds. The second-order valence-corrected chi connectivity index (χ2v) is 7.55. The lowest BCUT2D eigenvalue weighted by Gasteiger charge is -2.14. The van der Waals surface area contributed by atoms with Crippen molar-refractivity contribution in [2.24, 2.45) is 0 Å². The summed E-state index contributed by atoms with van der Waals surface area (Å²) in [6.07, 6.45) is 0.549. The largest absolute Gasteiger partial charge is 0.322 e. The van der Waals surface area contributed by atoms with Crippen LogP contribution in [0.1, 0.15) is 28.8 Å². The summed E-state index contributed by atoms with van der Waals surface area (Å²) >= 11 is 12.9. The second-order valence-electron chi connectivity index (χ2n) is 5.26. The SMILES string of the molecule is O=C(Nc1ccc(CN2C(=O)CCC2=O)cc1)c1cc(Cl)sc1Cl. The first-order valence-corrected chi connectivity index (χ1v) is 8.69. The summed E-state index contributed by atoms with van der Waals surface area (Å²) in [7, 11) is 0. The molecule has 1 aliphatic rings. The molecule has 3 rings (SSSR count). The average Bonchev–Trinajstić information content (AvgIpc) is 3.04. The van der Waals surface area contributed by atoms with E-state index in [0.717, 1.165) is 16.9 Å². The average molecular weight is 383 g/mol. The van der Waals surface area contributed by atoms with Gasteiger partial charge >= 0.3 is 0 Å².